The number of carbonyl (C=O) groups excluding carboxylic acids is 1. The molecule has 2 rings (SSSR count). The molecule has 1 aromatic heterocycles. The highest BCUT2D eigenvalue weighted by Gasteiger charge is 2.21. The van der Waals surface area contributed by atoms with Crippen LogP contribution in [-0.2, 0) is 11.2 Å². The van der Waals surface area contributed by atoms with Crippen molar-refractivity contribution in [2.45, 2.75) is 33.2 Å². The summed E-state index contributed by atoms with van der Waals surface area (Å²) in [6.07, 6.45) is 2.85. The Balaban J connectivity index is 1.72. The Morgan fingerprint density at radius 1 is 1.27 bits per heavy atom. The summed E-state index contributed by atoms with van der Waals surface area (Å²) >= 11 is 0. The van der Waals surface area contributed by atoms with Crippen molar-refractivity contribution < 1.29 is 4.79 Å². The topological polar surface area (TPSA) is 72.9 Å². The third kappa shape index (κ3) is 6.63. The van der Waals surface area contributed by atoms with Gasteiger partial charge in [0.1, 0.15) is 0 Å². The van der Waals surface area contributed by atoms with Crippen molar-refractivity contribution in [3.8, 4) is 0 Å². The van der Waals surface area contributed by atoms with Gasteiger partial charge in [0, 0.05) is 57.7 Å². The number of hydrogen-bond acceptors (Lipinski definition) is 4. The maximum absolute atomic E-state index is 11.9. The number of nitrogens with one attached hydrogen (secondary N) is 2. The SMILES string of the molecule is CN=C(NCCc1ccc(C)nc1)N1CCN(CC(=O)NC(C)C)CC1. The van der Waals surface area contributed by atoms with Gasteiger partial charge in [0.15, 0.2) is 5.96 Å². The zero-order chi connectivity index (χ0) is 18.9. The Bertz CT molecular complexity index is 591. The minimum absolute atomic E-state index is 0.0997. The molecule has 1 amide bonds. The number of guanidine groups is 1. The number of pyridine rings is 1. The lowest BCUT2D eigenvalue weighted by atomic mass is 10.2. The number of piperazine rings is 1. The van der Waals surface area contributed by atoms with Crippen molar-refractivity contribution in [3.63, 3.8) is 0 Å². The second-order valence-corrected chi connectivity index (χ2v) is 7.02. The third-order valence-electron chi connectivity index (χ3n) is 4.37. The summed E-state index contributed by atoms with van der Waals surface area (Å²) in [5, 5.41) is 6.38. The fraction of sp³-hybridized carbons (Fsp3) is 0.632. The van der Waals surface area contributed by atoms with Crippen LogP contribution in [0.15, 0.2) is 23.3 Å². The molecule has 7 heteroatoms. The normalized spacial score (nSPS) is 16.0. The van der Waals surface area contributed by atoms with Crippen LogP contribution in [0.25, 0.3) is 0 Å². The molecule has 0 bridgehead atoms. The summed E-state index contributed by atoms with van der Waals surface area (Å²) in [4.78, 5) is 25.1. The maximum atomic E-state index is 11.9. The third-order valence-corrected chi connectivity index (χ3v) is 4.37. The summed E-state index contributed by atoms with van der Waals surface area (Å²) < 4.78 is 0. The lowest BCUT2D eigenvalue weighted by Crippen LogP contribution is -2.54. The molecule has 7 nitrogen and oxygen atoms in total. The smallest absolute Gasteiger partial charge is 0.234 e. The molecule has 1 aromatic rings. The van der Waals surface area contributed by atoms with Crippen LogP contribution >= 0.6 is 0 Å². The zero-order valence-electron chi connectivity index (χ0n) is 16.5. The summed E-state index contributed by atoms with van der Waals surface area (Å²) in [6.45, 7) is 10.8. The van der Waals surface area contributed by atoms with Crippen molar-refractivity contribution in [3.05, 3.63) is 29.6 Å². The second-order valence-electron chi connectivity index (χ2n) is 7.02. The number of aryl methyl sites for hydroxylation is 1. The van der Waals surface area contributed by atoms with Crippen molar-refractivity contribution in [1.82, 2.24) is 25.4 Å². The molecule has 0 spiro atoms. The molecule has 2 heterocycles. The fourth-order valence-corrected chi connectivity index (χ4v) is 2.99. The van der Waals surface area contributed by atoms with E-state index in [4.69, 9.17) is 0 Å². The molecule has 1 aliphatic heterocycles. The first-order valence-electron chi connectivity index (χ1n) is 9.36. The van der Waals surface area contributed by atoms with Gasteiger partial charge in [0.05, 0.1) is 6.54 Å². The van der Waals surface area contributed by atoms with Gasteiger partial charge in [-0.05, 0) is 38.8 Å². The van der Waals surface area contributed by atoms with Crippen molar-refractivity contribution in [1.29, 1.82) is 0 Å². The summed E-state index contributed by atoms with van der Waals surface area (Å²) in [5.41, 5.74) is 2.26. The van der Waals surface area contributed by atoms with Crippen molar-refractivity contribution in [2.24, 2.45) is 4.99 Å². The lowest BCUT2D eigenvalue weighted by molar-refractivity contribution is -0.123. The van der Waals surface area contributed by atoms with Crippen molar-refractivity contribution in [2.75, 3.05) is 46.3 Å². The van der Waals surface area contributed by atoms with Gasteiger partial charge in [-0.25, -0.2) is 0 Å². The molecule has 0 radical (unpaired) electrons. The van der Waals surface area contributed by atoms with Crippen LogP contribution in [0.1, 0.15) is 25.1 Å². The molecule has 2 N–H and O–H groups in total. The Kier molecular flexibility index (Phi) is 7.84. The number of hydrogen-bond donors (Lipinski definition) is 2. The molecule has 26 heavy (non-hydrogen) atoms. The molecular formula is C19H32N6O. The average molecular weight is 361 g/mol. The summed E-state index contributed by atoms with van der Waals surface area (Å²) in [7, 11) is 1.82. The molecule has 0 saturated carbocycles. The van der Waals surface area contributed by atoms with E-state index in [2.05, 4.69) is 36.5 Å². The Hall–Kier alpha value is -2.15. The van der Waals surface area contributed by atoms with E-state index >= 15 is 0 Å². The summed E-state index contributed by atoms with van der Waals surface area (Å²) in [5.74, 6) is 1.03. The minimum atomic E-state index is 0.0997. The van der Waals surface area contributed by atoms with E-state index in [9.17, 15) is 4.79 Å². The molecule has 0 aromatic carbocycles. The zero-order valence-corrected chi connectivity index (χ0v) is 16.5. The van der Waals surface area contributed by atoms with Gasteiger partial charge in [-0.2, -0.15) is 0 Å². The molecule has 1 saturated heterocycles. The molecule has 0 unspecified atom stereocenters. The van der Waals surface area contributed by atoms with Crippen LogP contribution in [0, 0.1) is 6.92 Å². The number of nitrogens with zero attached hydrogens (tertiary/aromatic N) is 4. The fourth-order valence-electron chi connectivity index (χ4n) is 2.99. The van der Waals surface area contributed by atoms with E-state index in [1.165, 1.54) is 5.56 Å². The van der Waals surface area contributed by atoms with Gasteiger partial charge >= 0.3 is 0 Å². The summed E-state index contributed by atoms with van der Waals surface area (Å²) in [6, 6.07) is 4.35. The first-order chi connectivity index (χ1) is 12.5. The largest absolute Gasteiger partial charge is 0.356 e. The highest BCUT2D eigenvalue weighted by molar-refractivity contribution is 5.80. The molecule has 144 valence electrons. The predicted molar refractivity (Wildman–Crippen MR) is 105 cm³/mol. The average Bonchev–Trinajstić information content (AvgIpc) is 2.60. The molecule has 0 aliphatic carbocycles. The number of aromatic nitrogens is 1. The van der Waals surface area contributed by atoms with Crippen LogP contribution in [0.2, 0.25) is 0 Å². The van der Waals surface area contributed by atoms with Crippen LogP contribution in [0.4, 0.5) is 0 Å². The number of carbonyl (C=O) groups is 1. The van der Waals surface area contributed by atoms with E-state index in [1.54, 1.807) is 0 Å². The van der Waals surface area contributed by atoms with Gasteiger partial charge in [-0.15, -0.1) is 0 Å². The van der Waals surface area contributed by atoms with Crippen LogP contribution < -0.4 is 10.6 Å². The lowest BCUT2D eigenvalue weighted by Gasteiger charge is -2.36. The first kappa shape index (κ1) is 20.2. The standard InChI is InChI=1S/C19H32N6O/c1-15(2)23-18(26)14-24-9-11-25(12-10-24)19(20-4)21-8-7-17-6-5-16(3)22-13-17/h5-6,13,15H,7-12,14H2,1-4H3,(H,20,21)(H,23,26). The Morgan fingerprint density at radius 3 is 2.58 bits per heavy atom. The first-order valence-corrected chi connectivity index (χ1v) is 9.36. The Labute approximate surface area is 156 Å². The molecule has 0 atom stereocenters. The van der Waals surface area contributed by atoms with Gasteiger partial charge in [0.2, 0.25) is 5.91 Å². The second kappa shape index (κ2) is 10.1. The van der Waals surface area contributed by atoms with Gasteiger partial charge < -0.3 is 15.5 Å². The highest BCUT2D eigenvalue weighted by Crippen LogP contribution is 2.03. The van der Waals surface area contributed by atoms with E-state index in [0.717, 1.165) is 50.8 Å². The Morgan fingerprint density at radius 2 is 2.00 bits per heavy atom. The van der Waals surface area contributed by atoms with Crippen LogP contribution in [0.5, 0.6) is 0 Å². The number of amides is 1. The molecule has 1 fully saturated rings. The highest BCUT2D eigenvalue weighted by atomic mass is 16.2. The van der Waals surface area contributed by atoms with E-state index in [0.29, 0.717) is 6.54 Å². The van der Waals surface area contributed by atoms with Gasteiger partial charge in [-0.3, -0.25) is 19.7 Å². The minimum Gasteiger partial charge on any atom is -0.356 e. The van der Waals surface area contributed by atoms with Crippen molar-refractivity contribution >= 4 is 11.9 Å². The van der Waals surface area contributed by atoms with E-state index < -0.39 is 0 Å². The number of aliphatic imine (C=N–C) groups is 1. The van der Waals surface area contributed by atoms with Gasteiger partial charge in [-0.1, -0.05) is 6.07 Å². The van der Waals surface area contributed by atoms with Gasteiger partial charge in [0.25, 0.3) is 0 Å². The quantitative estimate of drug-likeness (QED) is 0.576. The predicted octanol–water partition coefficient (Wildman–Crippen LogP) is 0.650. The molecule has 1 aliphatic rings. The van der Waals surface area contributed by atoms with E-state index in [-0.39, 0.29) is 11.9 Å². The monoisotopic (exact) mass is 360 g/mol. The van der Waals surface area contributed by atoms with E-state index in [1.807, 2.05) is 40.1 Å². The molecular weight excluding hydrogens is 328 g/mol. The van der Waals surface area contributed by atoms with Crippen LogP contribution in [0.3, 0.4) is 0 Å². The maximum Gasteiger partial charge on any atom is 0.234 e. The van der Waals surface area contributed by atoms with Crippen LogP contribution in [-0.4, -0.2) is 79.0 Å². The number of rotatable bonds is 6.